The molecule has 0 rings (SSSR count). The molecule has 0 aliphatic carbocycles. The number of hydrogen-bond acceptors (Lipinski definition) is 2. The highest BCUT2D eigenvalue weighted by atomic mass is 35.5. The zero-order valence-corrected chi connectivity index (χ0v) is 7.74. The van der Waals surface area contributed by atoms with E-state index < -0.39 is 16.0 Å². The molecule has 0 radical (unpaired) electrons. The smallest absolute Gasteiger partial charge is 0.138 e. The van der Waals surface area contributed by atoms with Crippen molar-refractivity contribution in [3.63, 3.8) is 0 Å². The molecule has 62 valence electrons. The SMILES string of the molecule is CC(C)(O)C(C)(O)C(Cl)Cl. The Kier molecular flexibility index (Phi) is 3.00. The lowest BCUT2D eigenvalue weighted by atomic mass is 9.89. The van der Waals surface area contributed by atoms with Crippen molar-refractivity contribution in [2.75, 3.05) is 0 Å². The van der Waals surface area contributed by atoms with Gasteiger partial charge in [-0.05, 0) is 20.8 Å². The molecule has 0 fully saturated rings. The Hall–Kier alpha value is 0.500. The van der Waals surface area contributed by atoms with Gasteiger partial charge in [0.2, 0.25) is 0 Å². The van der Waals surface area contributed by atoms with Gasteiger partial charge < -0.3 is 10.2 Å². The Bertz CT molecular complexity index is 115. The Morgan fingerprint density at radius 2 is 1.40 bits per heavy atom. The van der Waals surface area contributed by atoms with Gasteiger partial charge in [0.1, 0.15) is 10.4 Å². The van der Waals surface area contributed by atoms with Gasteiger partial charge in [0.05, 0.1) is 5.60 Å². The molecule has 10 heavy (non-hydrogen) atoms. The van der Waals surface area contributed by atoms with E-state index in [-0.39, 0.29) is 0 Å². The standard InChI is InChI=1S/C6H12Cl2O2/c1-5(2,9)6(3,10)4(7)8/h4,9-10H,1-3H3. The molecule has 0 aliphatic rings. The molecule has 4 heteroatoms. The summed E-state index contributed by atoms with van der Waals surface area (Å²) in [6, 6.07) is 0. The van der Waals surface area contributed by atoms with E-state index in [1.807, 2.05) is 0 Å². The zero-order chi connectivity index (χ0) is 8.58. The minimum atomic E-state index is -1.48. The fourth-order valence-corrected chi connectivity index (χ4v) is 0.801. The number of alkyl halides is 2. The first-order chi connectivity index (χ1) is 4.19. The van der Waals surface area contributed by atoms with E-state index in [4.69, 9.17) is 23.2 Å². The summed E-state index contributed by atoms with van der Waals surface area (Å²) >= 11 is 10.8. The molecule has 0 aromatic heterocycles. The van der Waals surface area contributed by atoms with Gasteiger partial charge in [-0.3, -0.25) is 0 Å². The maximum absolute atomic E-state index is 9.41. The van der Waals surface area contributed by atoms with Crippen LogP contribution >= 0.6 is 23.2 Å². The largest absolute Gasteiger partial charge is 0.387 e. The van der Waals surface area contributed by atoms with Crippen LogP contribution in [0.15, 0.2) is 0 Å². The van der Waals surface area contributed by atoms with Crippen LogP contribution in [0.4, 0.5) is 0 Å². The third-order valence-electron chi connectivity index (χ3n) is 1.66. The molecule has 0 aromatic carbocycles. The van der Waals surface area contributed by atoms with Crippen LogP contribution < -0.4 is 0 Å². The first kappa shape index (κ1) is 10.5. The molecule has 0 aromatic rings. The molecule has 2 nitrogen and oxygen atoms in total. The lowest BCUT2D eigenvalue weighted by Crippen LogP contribution is -2.52. The number of aliphatic hydroxyl groups is 2. The summed E-state index contributed by atoms with van der Waals surface area (Å²) in [6.45, 7) is 4.28. The van der Waals surface area contributed by atoms with Gasteiger partial charge in [0.15, 0.2) is 0 Å². The van der Waals surface area contributed by atoms with E-state index in [0.29, 0.717) is 0 Å². The van der Waals surface area contributed by atoms with Crippen molar-refractivity contribution in [2.24, 2.45) is 0 Å². The molecule has 0 heterocycles. The van der Waals surface area contributed by atoms with Gasteiger partial charge >= 0.3 is 0 Å². The average molecular weight is 187 g/mol. The van der Waals surface area contributed by atoms with Crippen molar-refractivity contribution in [1.82, 2.24) is 0 Å². The summed E-state index contributed by atoms with van der Waals surface area (Å²) < 4.78 is 0. The minimum absolute atomic E-state index is 0.993. The Morgan fingerprint density at radius 3 is 1.40 bits per heavy atom. The van der Waals surface area contributed by atoms with Crippen molar-refractivity contribution in [3.8, 4) is 0 Å². The summed E-state index contributed by atoms with van der Waals surface area (Å²) in [4.78, 5) is -0.993. The highest BCUT2D eigenvalue weighted by Crippen LogP contribution is 2.30. The normalized spacial score (nSPS) is 19.2. The topological polar surface area (TPSA) is 40.5 Å². The number of rotatable bonds is 2. The second kappa shape index (κ2) is 2.86. The molecular weight excluding hydrogens is 175 g/mol. The quantitative estimate of drug-likeness (QED) is 0.640. The first-order valence-corrected chi connectivity index (χ1v) is 3.80. The first-order valence-electron chi connectivity index (χ1n) is 2.92. The molecule has 1 atom stereocenters. The number of halogens is 2. The average Bonchev–Trinajstić information content (AvgIpc) is 1.62. The maximum Gasteiger partial charge on any atom is 0.138 e. The van der Waals surface area contributed by atoms with E-state index in [1.165, 1.54) is 20.8 Å². The molecule has 0 saturated heterocycles. The summed E-state index contributed by atoms with van der Waals surface area (Å²) in [5, 5.41) is 18.7. The van der Waals surface area contributed by atoms with Gasteiger partial charge in [-0.15, -0.1) is 23.2 Å². The van der Waals surface area contributed by atoms with Crippen LogP contribution in [0.3, 0.4) is 0 Å². The monoisotopic (exact) mass is 186 g/mol. The third kappa shape index (κ3) is 1.99. The summed E-state index contributed by atoms with van der Waals surface area (Å²) in [5.41, 5.74) is -2.77. The molecule has 0 saturated carbocycles. The molecule has 0 aliphatic heterocycles. The Labute approximate surface area is 70.8 Å². The summed E-state index contributed by atoms with van der Waals surface area (Å²) in [6.07, 6.45) is 0. The lowest BCUT2D eigenvalue weighted by Gasteiger charge is -2.36. The van der Waals surface area contributed by atoms with Crippen LogP contribution in [0.1, 0.15) is 20.8 Å². The maximum atomic E-state index is 9.41. The van der Waals surface area contributed by atoms with E-state index in [1.54, 1.807) is 0 Å². The van der Waals surface area contributed by atoms with E-state index in [9.17, 15) is 10.2 Å². The van der Waals surface area contributed by atoms with E-state index in [0.717, 1.165) is 0 Å². The zero-order valence-electron chi connectivity index (χ0n) is 6.23. The van der Waals surface area contributed by atoms with E-state index in [2.05, 4.69) is 0 Å². The van der Waals surface area contributed by atoms with Gasteiger partial charge in [0, 0.05) is 0 Å². The lowest BCUT2D eigenvalue weighted by molar-refractivity contribution is -0.111. The van der Waals surface area contributed by atoms with Crippen molar-refractivity contribution < 1.29 is 10.2 Å². The highest BCUT2D eigenvalue weighted by Gasteiger charge is 2.42. The van der Waals surface area contributed by atoms with Gasteiger partial charge in [0.25, 0.3) is 0 Å². The van der Waals surface area contributed by atoms with E-state index >= 15 is 0 Å². The van der Waals surface area contributed by atoms with Crippen LogP contribution in [0.2, 0.25) is 0 Å². The van der Waals surface area contributed by atoms with Crippen LogP contribution in [0, 0.1) is 0 Å². The minimum Gasteiger partial charge on any atom is -0.387 e. The molecular formula is C6H12Cl2O2. The van der Waals surface area contributed by atoms with Crippen molar-refractivity contribution >= 4 is 23.2 Å². The highest BCUT2D eigenvalue weighted by molar-refractivity contribution is 6.45. The van der Waals surface area contributed by atoms with Gasteiger partial charge in [-0.2, -0.15) is 0 Å². The van der Waals surface area contributed by atoms with Crippen LogP contribution in [0.25, 0.3) is 0 Å². The van der Waals surface area contributed by atoms with Crippen LogP contribution in [0.5, 0.6) is 0 Å². The fourth-order valence-electron chi connectivity index (χ4n) is 0.267. The Balaban J connectivity index is 4.40. The predicted molar refractivity (Wildman–Crippen MR) is 42.4 cm³/mol. The second-order valence-corrected chi connectivity index (χ2v) is 4.10. The fraction of sp³-hybridized carbons (Fsp3) is 1.00. The van der Waals surface area contributed by atoms with Crippen molar-refractivity contribution in [3.05, 3.63) is 0 Å². The molecule has 0 spiro atoms. The molecule has 1 unspecified atom stereocenters. The van der Waals surface area contributed by atoms with Gasteiger partial charge in [-0.1, -0.05) is 0 Å². The third-order valence-corrected chi connectivity index (χ3v) is 2.51. The molecule has 0 bridgehead atoms. The summed E-state index contributed by atoms with van der Waals surface area (Å²) in [5.74, 6) is 0. The van der Waals surface area contributed by atoms with Gasteiger partial charge in [-0.25, -0.2) is 0 Å². The Morgan fingerprint density at radius 1 is 1.10 bits per heavy atom. The summed E-state index contributed by atoms with van der Waals surface area (Å²) in [7, 11) is 0. The second-order valence-electron chi connectivity index (χ2n) is 3.01. The van der Waals surface area contributed by atoms with Crippen molar-refractivity contribution in [2.45, 2.75) is 36.8 Å². The van der Waals surface area contributed by atoms with Crippen LogP contribution in [-0.2, 0) is 0 Å². The van der Waals surface area contributed by atoms with Crippen molar-refractivity contribution in [1.29, 1.82) is 0 Å². The molecule has 2 N–H and O–H groups in total. The van der Waals surface area contributed by atoms with Crippen LogP contribution in [-0.4, -0.2) is 26.3 Å². The molecule has 0 amide bonds. The predicted octanol–water partition coefficient (Wildman–Crippen LogP) is 1.31. The number of hydrogen-bond donors (Lipinski definition) is 2.